The molecule has 1 aliphatic heterocycles. The van der Waals surface area contributed by atoms with E-state index in [1.807, 2.05) is 6.08 Å². The van der Waals surface area contributed by atoms with E-state index in [1.54, 1.807) is 7.11 Å². The highest BCUT2D eigenvalue weighted by atomic mass is 19.5. The summed E-state index contributed by atoms with van der Waals surface area (Å²) in [5.74, 6) is 0. The Kier molecular flexibility index (Phi) is 7.46. The third-order valence-electron chi connectivity index (χ3n) is 2.80. The molecule has 1 saturated heterocycles. The molecule has 17 heavy (non-hydrogen) atoms. The molecule has 0 aromatic rings. The number of quaternary nitrogens is 1. The zero-order valence-electron chi connectivity index (χ0n) is 10.2. The molecule has 0 N–H and O–H groups in total. The van der Waals surface area contributed by atoms with Gasteiger partial charge in [0.1, 0.15) is 6.54 Å². The highest BCUT2D eigenvalue weighted by Crippen LogP contribution is 2.18. The van der Waals surface area contributed by atoms with Gasteiger partial charge in [0.25, 0.3) is 0 Å². The minimum absolute atomic E-state index is 0.883. The van der Waals surface area contributed by atoms with Gasteiger partial charge in [0.15, 0.2) is 0 Å². The Morgan fingerprint density at radius 1 is 1.24 bits per heavy atom. The topological polar surface area (TPSA) is 9.23 Å². The molecule has 102 valence electrons. The van der Waals surface area contributed by atoms with Crippen molar-refractivity contribution in [3.05, 3.63) is 12.7 Å². The van der Waals surface area contributed by atoms with Gasteiger partial charge in [-0.15, -0.1) is 0 Å². The predicted octanol–water partition coefficient (Wildman–Crippen LogP) is 2.73. The van der Waals surface area contributed by atoms with E-state index in [-0.39, 0.29) is 0 Å². The van der Waals surface area contributed by atoms with E-state index >= 15 is 0 Å². The van der Waals surface area contributed by atoms with Gasteiger partial charge in [-0.1, -0.05) is 6.58 Å². The number of methoxy groups -OCH3 is 1. The second kappa shape index (κ2) is 7.71. The van der Waals surface area contributed by atoms with Crippen LogP contribution in [0.2, 0.25) is 0 Å². The SMILES string of the molecule is C=CC[N+]1(CCOC)CCCC1.F[B-](F)(F)F. The summed E-state index contributed by atoms with van der Waals surface area (Å²) in [6.07, 6.45) is 4.79. The first-order chi connectivity index (χ1) is 7.83. The summed E-state index contributed by atoms with van der Waals surface area (Å²) in [5, 5.41) is 0. The third kappa shape index (κ3) is 9.17. The number of hydrogen-bond donors (Lipinski definition) is 0. The van der Waals surface area contributed by atoms with Crippen LogP contribution in [-0.2, 0) is 4.74 Å². The molecule has 0 unspecified atom stereocenters. The molecular formula is C10H20BF4NO. The molecule has 0 aromatic heterocycles. The molecule has 0 amide bonds. The number of rotatable bonds is 5. The summed E-state index contributed by atoms with van der Waals surface area (Å²) in [6, 6.07) is 0. The maximum atomic E-state index is 9.75. The minimum atomic E-state index is -6.00. The van der Waals surface area contributed by atoms with Gasteiger partial charge >= 0.3 is 7.25 Å². The van der Waals surface area contributed by atoms with E-state index in [0.717, 1.165) is 19.7 Å². The maximum absolute atomic E-state index is 9.75. The van der Waals surface area contributed by atoms with Crippen LogP contribution in [-0.4, -0.2) is 51.6 Å². The van der Waals surface area contributed by atoms with Crippen molar-refractivity contribution >= 4 is 7.25 Å². The van der Waals surface area contributed by atoms with Gasteiger partial charge in [0, 0.05) is 20.0 Å². The van der Waals surface area contributed by atoms with Crippen molar-refractivity contribution in [2.24, 2.45) is 0 Å². The van der Waals surface area contributed by atoms with Crippen LogP contribution in [0.25, 0.3) is 0 Å². The summed E-state index contributed by atoms with van der Waals surface area (Å²) in [7, 11) is -4.22. The smallest absolute Gasteiger partial charge is 0.418 e. The Labute approximate surface area is 99.9 Å². The van der Waals surface area contributed by atoms with Crippen LogP contribution in [0.4, 0.5) is 17.3 Å². The molecule has 0 bridgehead atoms. The molecule has 0 spiro atoms. The van der Waals surface area contributed by atoms with Crippen LogP contribution in [0.15, 0.2) is 12.7 Å². The summed E-state index contributed by atoms with van der Waals surface area (Å²) < 4.78 is 45.3. The first-order valence-electron chi connectivity index (χ1n) is 5.65. The molecule has 1 rings (SSSR count). The van der Waals surface area contributed by atoms with Crippen molar-refractivity contribution in [3.8, 4) is 0 Å². The van der Waals surface area contributed by atoms with Gasteiger partial charge in [-0.25, -0.2) is 0 Å². The maximum Gasteiger partial charge on any atom is 0.673 e. The normalized spacial score (nSPS) is 18.4. The van der Waals surface area contributed by atoms with E-state index < -0.39 is 7.25 Å². The van der Waals surface area contributed by atoms with Gasteiger partial charge in [-0.3, -0.25) is 0 Å². The summed E-state index contributed by atoms with van der Waals surface area (Å²) in [6.45, 7) is 9.60. The van der Waals surface area contributed by atoms with Crippen LogP contribution in [0, 0.1) is 0 Å². The van der Waals surface area contributed by atoms with Gasteiger partial charge in [0.05, 0.1) is 26.2 Å². The van der Waals surface area contributed by atoms with E-state index in [0.29, 0.717) is 0 Å². The average Bonchev–Trinajstić information content (AvgIpc) is 2.62. The molecule has 0 atom stereocenters. The number of halogens is 4. The second-order valence-corrected chi connectivity index (χ2v) is 4.18. The van der Waals surface area contributed by atoms with E-state index in [4.69, 9.17) is 4.74 Å². The Morgan fingerprint density at radius 2 is 1.71 bits per heavy atom. The minimum Gasteiger partial charge on any atom is -0.418 e. The lowest BCUT2D eigenvalue weighted by molar-refractivity contribution is -0.911. The third-order valence-corrected chi connectivity index (χ3v) is 2.80. The highest BCUT2D eigenvalue weighted by Gasteiger charge is 2.29. The number of hydrogen-bond acceptors (Lipinski definition) is 1. The van der Waals surface area contributed by atoms with Crippen LogP contribution in [0.1, 0.15) is 12.8 Å². The highest BCUT2D eigenvalue weighted by molar-refractivity contribution is 6.50. The Balaban J connectivity index is 0.000000437. The molecule has 7 heteroatoms. The molecule has 1 aliphatic rings. The summed E-state index contributed by atoms with van der Waals surface area (Å²) in [5.41, 5.74) is 0. The van der Waals surface area contributed by atoms with Crippen LogP contribution < -0.4 is 0 Å². The Hall–Kier alpha value is -0.555. The second-order valence-electron chi connectivity index (χ2n) is 4.18. The quantitative estimate of drug-likeness (QED) is 0.318. The first kappa shape index (κ1) is 16.4. The standard InChI is InChI=1S/C10H20NO.BF4/c1-3-6-11(9-10-12-2)7-4-5-8-11;2-1(3,4)5/h3H,1,4-10H2,2H3;/q+1;-1. The fourth-order valence-corrected chi connectivity index (χ4v) is 2.06. The summed E-state index contributed by atoms with van der Waals surface area (Å²) in [4.78, 5) is 0. The van der Waals surface area contributed by atoms with E-state index in [1.165, 1.54) is 30.4 Å². The van der Waals surface area contributed by atoms with Crippen molar-refractivity contribution in [1.82, 2.24) is 0 Å². The van der Waals surface area contributed by atoms with E-state index in [9.17, 15) is 17.3 Å². The lowest BCUT2D eigenvalue weighted by atomic mass is 10.3. The van der Waals surface area contributed by atoms with Crippen molar-refractivity contribution in [2.75, 3.05) is 39.9 Å². The molecule has 0 saturated carbocycles. The largest absolute Gasteiger partial charge is 0.673 e. The van der Waals surface area contributed by atoms with Crippen LogP contribution in [0.5, 0.6) is 0 Å². The zero-order valence-corrected chi connectivity index (χ0v) is 10.2. The van der Waals surface area contributed by atoms with Crippen molar-refractivity contribution in [3.63, 3.8) is 0 Å². The molecule has 0 aromatic carbocycles. The van der Waals surface area contributed by atoms with Gasteiger partial charge in [0.2, 0.25) is 0 Å². The van der Waals surface area contributed by atoms with Crippen molar-refractivity contribution < 1.29 is 26.5 Å². The van der Waals surface area contributed by atoms with Gasteiger partial charge < -0.3 is 26.5 Å². The van der Waals surface area contributed by atoms with Crippen LogP contribution in [0.3, 0.4) is 0 Å². The molecule has 2 nitrogen and oxygen atoms in total. The van der Waals surface area contributed by atoms with Crippen molar-refractivity contribution in [1.29, 1.82) is 0 Å². The van der Waals surface area contributed by atoms with E-state index in [2.05, 4.69) is 6.58 Å². The molecular weight excluding hydrogens is 237 g/mol. The average molecular weight is 257 g/mol. The Morgan fingerprint density at radius 3 is 2.06 bits per heavy atom. The molecule has 0 radical (unpaired) electrons. The monoisotopic (exact) mass is 257 g/mol. The van der Waals surface area contributed by atoms with Gasteiger partial charge in [-0.2, -0.15) is 0 Å². The fraction of sp³-hybridized carbons (Fsp3) is 0.800. The lowest BCUT2D eigenvalue weighted by Gasteiger charge is -2.32. The number of ether oxygens (including phenoxy) is 1. The predicted molar refractivity (Wildman–Crippen MR) is 61.2 cm³/mol. The first-order valence-corrected chi connectivity index (χ1v) is 5.65. The number of likely N-dealkylation sites (tertiary alicyclic amines) is 1. The fourth-order valence-electron chi connectivity index (χ4n) is 2.06. The molecule has 1 heterocycles. The zero-order chi connectivity index (χ0) is 13.4. The lowest BCUT2D eigenvalue weighted by Crippen LogP contribution is -2.47. The molecule has 0 aliphatic carbocycles. The Bertz CT molecular complexity index is 211. The van der Waals surface area contributed by atoms with Crippen LogP contribution >= 0.6 is 0 Å². The molecule has 1 fully saturated rings. The number of nitrogens with zero attached hydrogens (tertiary/aromatic N) is 1. The summed E-state index contributed by atoms with van der Waals surface area (Å²) >= 11 is 0. The van der Waals surface area contributed by atoms with Crippen molar-refractivity contribution in [2.45, 2.75) is 12.8 Å². The van der Waals surface area contributed by atoms with Gasteiger partial charge in [-0.05, 0) is 6.08 Å².